The smallest absolute Gasteiger partial charge is 0.250 e. The molecule has 0 aliphatic heterocycles. The highest BCUT2D eigenvalue weighted by atomic mass is 16.1. The minimum absolute atomic E-state index is 0.0768. The fraction of sp³-hybridized carbons (Fsp3) is 0.500. The van der Waals surface area contributed by atoms with E-state index in [1.807, 2.05) is 0 Å². The van der Waals surface area contributed by atoms with E-state index in [0.717, 1.165) is 18.5 Å². The summed E-state index contributed by atoms with van der Waals surface area (Å²) in [5.74, 6) is 0.250. The third-order valence-corrected chi connectivity index (χ3v) is 3.32. The standard InChI is InChI=1S/C14H17NO3/c1-10(16)4-3-9-15-12-5-2-6-13(17)11(12)7-8-14(15)18/h7-8H,2-6,9H2,1H3. The van der Waals surface area contributed by atoms with E-state index in [1.54, 1.807) is 17.6 Å². The number of carbonyl (C=O) groups is 2. The van der Waals surface area contributed by atoms with Gasteiger partial charge in [0.25, 0.3) is 5.56 Å². The van der Waals surface area contributed by atoms with Crippen molar-refractivity contribution in [1.29, 1.82) is 0 Å². The van der Waals surface area contributed by atoms with E-state index in [9.17, 15) is 14.4 Å². The van der Waals surface area contributed by atoms with Gasteiger partial charge in [0.05, 0.1) is 0 Å². The maximum Gasteiger partial charge on any atom is 0.250 e. The predicted molar refractivity (Wildman–Crippen MR) is 67.9 cm³/mol. The molecule has 0 bridgehead atoms. The first-order valence-corrected chi connectivity index (χ1v) is 6.35. The maximum absolute atomic E-state index is 11.8. The molecule has 1 aromatic heterocycles. The highest BCUT2D eigenvalue weighted by molar-refractivity contribution is 5.97. The van der Waals surface area contributed by atoms with Crippen LogP contribution in [0.1, 0.15) is 48.7 Å². The molecule has 1 aliphatic rings. The molecule has 0 N–H and O–H groups in total. The van der Waals surface area contributed by atoms with Crippen molar-refractivity contribution in [2.24, 2.45) is 0 Å². The van der Waals surface area contributed by atoms with Crippen LogP contribution in [0.3, 0.4) is 0 Å². The van der Waals surface area contributed by atoms with Crippen molar-refractivity contribution in [1.82, 2.24) is 4.57 Å². The van der Waals surface area contributed by atoms with Gasteiger partial charge in [-0.15, -0.1) is 0 Å². The summed E-state index contributed by atoms with van der Waals surface area (Å²) >= 11 is 0. The van der Waals surface area contributed by atoms with Crippen LogP contribution in [0.5, 0.6) is 0 Å². The summed E-state index contributed by atoms with van der Waals surface area (Å²) in [4.78, 5) is 34.5. The molecule has 0 radical (unpaired) electrons. The lowest BCUT2D eigenvalue weighted by molar-refractivity contribution is -0.117. The fourth-order valence-electron chi connectivity index (χ4n) is 2.43. The monoisotopic (exact) mass is 247 g/mol. The molecule has 0 amide bonds. The third kappa shape index (κ3) is 2.58. The highest BCUT2D eigenvalue weighted by Crippen LogP contribution is 2.19. The predicted octanol–water partition coefficient (Wildman–Crippen LogP) is 1.74. The molecular weight excluding hydrogens is 230 g/mol. The number of nitrogens with zero attached hydrogens (tertiary/aromatic N) is 1. The van der Waals surface area contributed by atoms with E-state index in [1.165, 1.54) is 6.07 Å². The lowest BCUT2D eigenvalue weighted by atomic mass is 9.94. The Kier molecular flexibility index (Phi) is 3.75. The van der Waals surface area contributed by atoms with Gasteiger partial charge in [0.15, 0.2) is 5.78 Å². The molecule has 1 aromatic rings. The topological polar surface area (TPSA) is 56.1 Å². The van der Waals surface area contributed by atoms with Crippen LogP contribution in [0.15, 0.2) is 16.9 Å². The summed E-state index contributed by atoms with van der Waals surface area (Å²) < 4.78 is 1.66. The van der Waals surface area contributed by atoms with E-state index in [0.29, 0.717) is 31.4 Å². The van der Waals surface area contributed by atoms with Crippen molar-refractivity contribution in [3.05, 3.63) is 33.7 Å². The van der Waals surface area contributed by atoms with Gasteiger partial charge >= 0.3 is 0 Å². The number of hydrogen-bond donors (Lipinski definition) is 0. The molecule has 18 heavy (non-hydrogen) atoms. The highest BCUT2D eigenvalue weighted by Gasteiger charge is 2.20. The molecule has 0 atom stereocenters. The van der Waals surface area contributed by atoms with Gasteiger partial charge in [0.2, 0.25) is 0 Å². The Morgan fingerprint density at radius 2 is 2.06 bits per heavy atom. The van der Waals surface area contributed by atoms with E-state index < -0.39 is 0 Å². The lowest BCUT2D eigenvalue weighted by Crippen LogP contribution is -2.28. The molecule has 4 nitrogen and oxygen atoms in total. The summed E-state index contributed by atoms with van der Waals surface area (Å²) in [5, 5.41) is 0. The van der Waals surface area contributed by atoms with Crippen molar-refractivity contribution in [3.63, 3.8) is 0 Å². The zero-order valence-corrected chi connectivity index (χ0v) is 10.6. The normalized spacial score (nSPS) is 14.4. The molecule has 1 heterocycles. The van der Waals surface area contributed by atoms with Crippen LogP contribution in [-0.2, 0) is 17.8 Å². The molecule has 0 aromatic carbocycles. The summed E-state index contributed by atoms with van der Waals surface area (Å²) in [6.45, 7) is 2.07. The Balaban J connectivity index is 2.28. The minimum Gasteiger partial charge on any atom is -0.312 e. The Bertz CT molecular complexity index is 542. The van der Waals surface area contributed by atoms with Gasteiger partial charge in [-0.2, -0.15) is 0 Å². The number of carbonyl (C=O) groups excluding carboxylic acids is 2. The summed E-state index contributed by atoms with van der Waals surface area (Å²) in [7, 11) is 0. The first kappa shape index (κ1) is 12.7. The Hall–Kier alpha value is -1.71. The van der Waals surface area contributed by atoms with Crippen molar-refractivity contribution >= 4 is 11.6 Å². The molecule has 1 aliphatic carbocycles. The number of aromatic nitrogens is 1. The van der Waals surface area contributed by atoms with Gasteiger partial charge in [-0.25, -0.2) is 0 Å². The third-order valence-electron chi connectivity index (χ3n) is 3.32. The van der Waals surface area contributed by atoms with Crippen LogP contribution in [0.25, 0.3) is 0 Å². The second-order valence-electron chi connectivity index (χ2n) is 4.77. The summed E-state index contributed by atoms with van der Waals surface area (Å²) in [6.07, 6.45) is 3.28. The van der Waals surface area contributed by atoms with Crippen molar-refractivity contribution in [2.45, 2.75) is 45.6 Å². The molecule has 0 saturated carbocycles. The number of fused-ring (bicyclic) bond motifs is 1. The first-order valence-electron chi connectivity index (χ1n) is 6.35. The molecular formula is C14H17NO3. The van der Waals surface area contributed by atoms with Gasteiger partial charge in [0, 0.05) is 36.7 Å². The average molecular weight is 247 g/mol. The van der Waals surface area contributed by atoms with Crippen molar-refractivity contribution < 1.29 is 9.59 Å². The maximum atomic E-state index is 11.8. The van der Waals surface area contributed by atoms with Crippen LogP contribution in [-0.4, -0.2) is 16.1 Å². The Morgan fingerprint density at radius 3 is 2.78 bits per heavy atom. The molecule has 96 valence electrons. The molecule has 0 spiro atoms. The summed E-state index contributed by atoms with van der Waals surface area (Å²) in [5.41, 5.74) is 1.46. The van der Waals surface area contributed by atoms with Gasteiger partial charge < -0.3 is 9.36 Å². The van der Waals surface area contributed by atoms with Crippen LogP contribution in [0.4, 0.5) is 0 Å². The van der Waals surface area contributed by atoms with Crippen LogP contribution >= 0.6 is 0 Å². The van der Waals surface area contributed by atoms with Gasteiger partial charge in [-0.1, -0.05) is 0 Å². The minimum atomic E-state index is -0.0768. The molecule has 0 unspecified atom stereocenters. The molecule has 0 fully saturated rings. The van der Waals surface area contributed by atoms with Gasteiger partial charge in [-0.05, 0) is 32.3 Å². The number of pyridine rings is 1. The van der Waals surface area contributed by atoms with Crippen LogP contribution in [0.2, 0.25) is 0 Å². The van der Waals surface area contributed by atoms with Crippen molar-refractivity contribution in [3.8, 4) is 0 Å². The fourth-order valence-corrected chi connectivity index (χ4v) is 2.43. The largest absolute Gasteiger partial charge is 0.312 e. The van der Waals surface area contributed by atoms with Crippen molar-refractivity contribution in [2.75, 3.05) is 0 Å². The number of ketones is 2. The zero-order valence-electron chi connectivity index (χ0n) is 10.6. The summed E-state index contributed by atoms with van der Waals surface area (Å²) in [6, 6.07) is 3.09. The van der Waals surface area contributed by atoms with E-state index >= 15 is 0 Å². The number of rotatable bonds is 4. The number of hydrogen-bond acceptors (Lipinski definition) is 3. The SMILES string of the molecule is CC(=O)CCCn1c2c(ccc1=O)C(=O)CCC2. The molecule has 4 heteroatoms. The van der Waals surface area contributed by atoms with Crippen LogP contribution < -0.4 is 5.56 Å². The second-order valence-corrected chi connectivity index (χ2v) is 4.77. The van der Waals surface area contributed by atoms with E-state index in [4.69, 9.17) is 0 Å². The Morgan fingerprint density at radius 1 is 1.28 bits per heavy atom. The van der Waals surface area contributed by atoms with Gasteiger partial charge in [-0.3, -0.25) is 9.59 Å². The average Bonchev–Trinajstić information content (AvgIpc) is 2.32. The lowest BCUT2D eigenvalue weighted by Gasteiger charge is -2.19. The van der Waals surface area contributed by atoms with E-state index in [-0.39, 0.29) is 17.1 Å². The van der Waals surface area contributed by atoms with Gasteiger partial charge in [0.1, 0.15) is 5.78 Å². The molecule has 2 rings (SSSR count). The van der Waals surface area contributed by atoms with E-state index in [2.05, 4.69) is 0 Å². The Labute approximate surface area is 106 Å². The van der Waals surface area contributed by atoms with Crippen LogP contribution in [0, 0.1) is 0 Å². The first-order chi connectivity index (χ1) is 8.59. The molecule has 0 saturated heterocycles. The quantitative estimate of drug-likeness (QED) is 0.814. The number of Topliss-reactive ketones (excluding diaryl/α,β-unsaturated/α-hetero) is 2. The zero-order chi connectivity index (χ0) is 13.1. The second kappa shape index (κ2) is 5.29.